The first-order valence-corrected chi connectivity index (χ1v) is 9.61. The van der Waals surface area contributed by atoms with E-state index < -0.39 is 5.60 Å². The van der Waals surface area contributed by atoms with Crippen LogP contribution in [0.3, 0.4) is 0 Å². The summed E-state index contributed by atoms with van der Waals surface area (Å²) in [5.74, 6) is 0.0255. The molecule has 2 rings (SSSR count). The van der Waals surface area contributed by atoms with Gasteiger partial charge >= 0.3 is 0 Å². The van der Waals surface area contributed by atoms with Gasteiger partial charge in [-0.3, -0.25) is 4.79 Å². The second kappa shape index (κ2) is 12.5. The van der Waals surface area contributed by atoms with Crippen molar-refractivity contribution in [2.75, 3.05) is 0 Å². The molecule has 4 heteroatoms. The van der Waals surface area contributed by atoms with Crippen LogP contribution in [0.4, 0.5) is 0 Å². The van der Waals surface area contributed by atoms with Gasteiger partial charge in [-0.1, -0.05) is 60.1 Å². The quantitative estimate of drug-likeness (QED) is 0.673. The van der Waals surface area contributed by atoms with Crippen molar-refractivity contribution in [2.24, 2.45) is 0 Å². The Hall–Kier alpha value is -1.94. The van der Waals surface area contributed by atoms with Gasteiger partial charge in [0.25, 0.3) is 0 Å². The van der Waals surface area contributed by atoms with E-state index in [0.29, 0.717) is 0 Å². The van der Waals surface area contributed by atoms with Crippen LogP contribution >= 0.6 is 11.6 Å². The number of ketones is 1. The second-order valence-electron chi connectivity index (χ2n) is 7.64. The van der Waals surface area contributed by atoms with Crippen molar-refractivity contribution in [3.05, 3.63) is 76.8 Å². The predicted molar refractivity (Wildman–Crippen MR) is 120 cm³/mol. The van der Waals surface area contributed by atoms with E-state index in [4.69, 9.17) is 21.8 Å². The number of hydrogen-bond donors (Lipinski definition) is 2. The summed E-state index contributed by atoms with van der Waals surface area (Å²) < 4.78 is 0. The Balaban J connectivity index is 0.000000511. The molecule has 0 saturated heterocycles. The van der Waals surface area contributed by atoms with Gasteiger partial charge < -0.3 is 10.2 Å². The van der Waals surface area contributed by atoms with Gasteiger partial charge in [0.05, 0.1) is 5.60 Å². The highest BCUT2D eigenvalue weighted by Gasteiger charge is 2.13. The van der Waals surface area contributed by atoms with E-state index in [1.54, 1.807) is 27.7 Å². The normalized spacial score (nSPS) is 10.4. The molecule has 0 saturated carbocycles. The number of aryl methyl sites for hydroxylation is 1. The molecule has 0 spiro atoms. The molecule has 2 aromatic rings. The van der Waals surface area contributed by atoms with E-state index in [1.165, 1.54) is 12.5 Å². The summed E-state index contributed by atoms with van der Waals surface area (Å²) in [6.45, 7) is 14.3. The minimum absolute atomic E-state index is 0.0255. The highest BCUT2D eigenvalue weighted by molar-refractivity contribution is 6.30. The van der Waals surface area contributed by atoms with Crippen LogP contribution in [0.1, 0.15) is 57.7 Å². The van der Waals surface area contributed by atoms with Crippen molar-refractivity contribution < 1.29 is 15.0 Å². The average molecular weight is 405 g/mol. The van der Waals surface area contributed by atoms with Gasteiger partial charge in [-0.25, -0.2) is 0 Å². The molecular formula is C24H33ClO3. The lowest BCUT2D eigenvalue weighted by Crippen LogP contribution is -2.21. The zero-order valence-electron chi connectivity index (χ0n) is 17.8. The van der Waals surface area contributed by atoms with E-state index in [1.807, 2.05) is 24.3 Å². The number of carbonyl (C=O) groups excluding carboxylic acids is 1. The lowest BCUT2D eigenvalue weighted by molar-refractivity contribution is -0.120. The number of carbonyl (C=O) groups is 1. The second-order valence-corrected chi connectivity index (χ2v) is 8.07. The van der Waals surface area contributed by atoms with E-state index in [-0.39, 0.29) is 18.3 Å². The van der Waals surface area contributed by atoms with Gasteiger partial charge in [0.1, 0.15) is 5.78 Å². The third-order valence-corrected chi connectivity index (χ3v) is 3.53. The topological polar surface area (TPSA) is 57.5 Å². The van der Waals surface area contributed by atoms with Gasteiger partial charge in [-0.2, -0.15) is 0 Å². The Morgan fingerprint density at radius 3 is 1.68 bits per heavy atom. The number of hydrogen-bond acceptors (Lipinski definition) is 3. The SMILES string of the molecule is C=C(c1ccc(C)cc1)c1ccc(Cl)cc1.CC(=O)CC(C)(C)O.CC(C)O. The molecule has 0 aliphatic carbocycles. The molecule has 0 amide bonds. The van der Waals surface area contributed by atoms with E-state index in [9.17, 15) is 4.79 Å². The number of aliphatic hydroxyl groups excluding tert-OH is 1. The van der Waals surface area contributed by atoms with Crippen LogP contribution in [-0.2, 0) is 4.79 Å². The molecule has 154 valence electrons. The third kappa shape index (κ3) is 13.3. The van der Waals surface area contributed by atoms with Crippen molar-refractivity contribution in [1.82, 2.24) is 0 Å². The van der Waals surface area contributed by atoms with Crippen molar-refractivity contribution in [3.8, 4) is 0 Å². The number of rotatable bonds is 4. The predicted octanol–water partition coefficient (Wildman–Crippen LogP) is 5.83. The Morgan fingerprint density at radius 1 is 1.04 bits per heavy atom. The van der Waals surface area contributed by atoms with Crippen molar-refractivity contribution in [1.29, 1.82) is 0 Å². The van der Waals surface area contributed by atoms with Gasteiger partial charge in [-0.15, -0.1) is 0 Å². The van der Waals surface area contributed by atoms with Gasteiger partial charge in [0.15, 0.2) is 0 Å². The number of halogens is 1. The smallest absolute Gasteiger partial charge is 0.132 e. The monoisotopic (exact) mass is 404 g/mol. The third-order valence-electron chi connectivity index (χ3n) is 3.27. The molecule has 0 heterocycles. The molecule has 0 aromatic heterocycles. The molecule has 0 atom stereocenters. The maximum absolute atomic E-state index is 10.3. The van der Waals surface area contributed by atoms with E-state index in [0.717, 1.165) is 21.7 Å². The summed E-state index contributed by atoms with van der Waals surface area (Å²) in [7, 11) is 0. The van der Waals surface area contributed by atoms with Crippen LogP contribution in [0.25, 0.3) is 5.57 Å². The molecule has 0 unspecified atom stereocenters. The van der Waals surface area contributed by atoms with Crippen molar-refractivity contribution in [2.45, 2.75) is 59.7 Å². The molecule has 2 aromatic carbocycles. The highest BCUT2D eigenvalue weighted by atomic mass is 35.5. The Labute approximate surface area is 174 Å². The molecule has 2 N–H and O–H groups in total. The summed E-state index contributed by atoms with van der Waals surface area (Å²) >= 11 is 5.85. The van der Waals surface area contributed by atoms with Crippen LogP contribution in [0.15, 0.2) is 55.1 Å². The summed E-state index contributed by atoms with van der Waals surface area (Å²) in [5, 5.41) is 17.8. The molecule has 3 nitrogen and oxygen atoms in total. The van der Waals surface area contributed by atoms with E-state index in [2.05, 4.69) is 37.8 Å². The molecule has 0 aliphatic heterocycles. The van der Waals surface area contributed by atoms with Gasteiger partial charge in [-0.05, 0) is 70.4 Å². The Kier molecular flexibility index (Phi) is 11.6. The first-order chi connectivity index (χ1) is 12.8. The van der Waals surface area contributed by atoms with Crippen LogP contribution in [-0.4, -0.2) is 27.7 Å². The summed E-state index contributed by atoms with van der Waals surface area (Å²) in [6, 6.07) is 16.1. The summed E-state index contributed by atoms with van der Waals surface area (Å²) in [4.78, 5) is 10.3. The standard InChI is InChI=1S/C15H13Cl.C6H12O2.C3H8O/c1-11-3-5-13(6-4-11)12(2)14-7-9-15(16)10-8-14;1-5(7)4-6(2,3)8;1-3(2)4/h3-10H,2H2,1H3;8H,4H2,1-3H3;3-4H,1-2H3. The van der Waals surface area contributed by atoms with Crippen LogP contribution in [0, 0.1) is 6.92 Å². The van der Waals surface area contributed by atoms with Crippen LogP contribution in [0.2, 0.25) is 5.02 Å². The molecule has 0 fully saturated rings. The Bertz CT molecular complexity index is 674. The molecular weight excluding hydrogens is 372 g/mol. The minimum Gasteiger partial charge on any atom is -0.394 e. The zero-order valence-corrected chi connectivity index (χ0v) is 18.5. The van der Waals surface area contributed by atoms with Crippen LogP contribution < -0.4 is 0 Å². The number of aliphatic hydroxyl groups is 2. The number of Topliss-reactive ketones (excluding diaryl/α,β-unsaturated/α-hetero) is 1. The maximum atomic E-state index is 10.3. The van der Waals surface area contributed by atoms with Crippen LogP contribution in [0.5, 0.6) is 0 Å². The fraction of sp³-hybridized carbons (Fsp3) is 0.375. The lowest BCUT2D eigenvalue weighted by Gasteiger charge is -2.13. The highest BCUT2D eigenvalue weighted by Crippen LogP contribution is 2.23. The molecule has 0 aliphatic rings. The fourth-order valence-corrected chi connectivity index (χ4v) is 2.31. The van der Waals surface area contributed by atoms with Crippen molar-refractivity contribution in [3.63, 3.8) is 0 Å². The fourth-order valence-electron chi connectivity index (χ4n) is 2.18. The first kappa shape index (κ1) is 26.1. The molecule has 28 heavy (non-hydrogen) atoms. The average Bonchev–Trinajstić information content (AvgIpc) is 2.53. The van der Waals surface area contributed by atoms with Gasteiger partial charge in [0.2, 0.25) is 0 Å². The Morgan fingerprint density at radius 2 is 1.39 bits per heavy atom. The van der Waals surface area contributed by atoms with Crippen molar-refractivity contribution >= 4 is 23.0 Å². The van der Waals surface area contributed by atoms with Gasteiger partial charge in [0, 0.05) is 17.5 Å². The van der Waals surface area contributed by atoms with E-state index >= 15 is 0 Å². The molecule has 0 bridgehead atoms. The largest absolute Gasteiger partial charge is 0.394 e. The lowest BCUT2D eigenvalue weighted by atomic mass is 9.99. The first-order valence-electron chi connectivity index (χ1n) is 9.23. The summed E-state index contributed by atoms with van der Waals surface area (Å²) in [5.41, 5.74) is 3.71. The molecule has 0 radical (unpaired) electrons. The minimum atomic E-state index is -0.828. The maximum Gasteiger partial charge on any atom is 0.132 e. The number of benzene rings is 2. The summed E-state index contributed by atoms with van der Waals surface area (Å²) in [6.07, 6.45) is 0.0764. The zero-order chi connectivity index (χ0) is 21.9.